The maximum absolute atomic E-state index is 6.11. The van der Waals surface area contributed by atoms with E-state index in [-0.39, 0.29) is 5.60 Å². The van der Waals surface area contributed by atoms with E-state index in [0.717, 1.165) is 43.1 Å². The zero-order valence-corrected chi connectivity index (χ0v) is 9.31. The second kappa shape index (κ2) is 3.39. The van der Waals surface area contributed by atoms with Crippen molar-refractivity contribution in [1.82, 2.24) is 5.32 Å². The standard InChI is InChI=1S/C12H14ClNO/c13-10-1-2-11-9(7-10)3-4-12(15-11)5-6-14-8-12/h1-2,7,14H,3-6,8H2/t12-/m0/s1. The first-order chi connectivity index (χ1) is 7.27. The summed E-state index contributed by atoms with van der Waals surface area (Å²) in [6, 6.07) is 5.92. The normalized spacial score (nSPS) is 28.9. The Morgan fingerprint density at radius 1 is 1.33 bits per heavy atom. The lowest BCUT2D eigenvalue weighted by Crippen LogP contribution is -2.41. The molecule has 3 heteroatoms. The van der Waals surface area contributed by atoms with Gasteiger partial charge in [-0.25, -0.2) is 0 Å². The van der Waals surface area contributed by atoms with Crippen molar-refractivity contribution >= 4 is 11.6 Å². The molecule has 2 nitrogen and oxygen atoms in total. The second-order valence-corrected chi connectivity index (χ2v) is 4.90. The number of fused-ring (bicyclic) bond motifs is 1. The number of halogens is 1. The summed E-state index contributed by atoms with van der Waals surface area (Å²) in [4.78, 5) is 0. The van der Waals surface area contributed by atoms with Gasteiger partial charge in [0.05, 0.1) is 0 Å². The minimum Gasteiger partial charge on any atom is -0.486 e. The second-order valence-electron chi connectivity index (χ2n) is 4.46. The first-order valence-electron chi connectivity index (χ1n) is 5.46. The highest BCUT2D eigenvalue weighted by Crippen LogP contribution is 2.37. The molecule has 0 unspecified atom stereocenters. The molecule has 1 aromatic rings. The lowest BCUT2D eigenvalue weighted by molar-refractivity contribution is 0.0665. The summed E-state index contributed by atoms with van der Waals surface area (Å²) >= 11 is 5.96. The van der Waals surface area contributed by atoms with Crippen LogP contribution in [-0.4, -0.2) is 18.7 Å². The minimum atomic E-state index is 0.0564. The third-order valence-electron chi connectivity index (χ3n) is 3.40. The maximum atomic E-state index is 6.11. The molecule has 0 saturated carbocycles. The van der Waals surface area contributed by atoms with Crippen LogP contribution in [0, 0.1) is 0 Å². The van der Waals surface area contributed by atoms with Gasteiger partial charge in [0.15, 0.2) is 0 Å². The monoisotopic (exact) mass is 223 g/mol. The summed E-state index contributed by atoms with van der Waals surface area (Å²) in [7, 11) is 0. The van der Waals surface area contributed by atoms with E-state index in [0.29, 0.717) is 0 Å². The van der Waals surface area contributed by atoms with Gasteiger partial charge >= 0.3 is 0 Å². The van der Waals surface area contributed by atoms with Crippen molar-refractivity contribution in [2.75, 3.05) is 13.1 Å². The topological polar surface area (TPSA) is 21.3 Å². The molecule has 1 spiro atoms. The molecule has 0 aromatic heterocycles. The van der Waals surface area contributed by atoms with Crippen molar-refractivity contribution in [3.63, 3.8) is 0 Å². The van der Waals surface area contributed by atoms with E-state index in [4.69, 9.17) is 16.3 Å². The fourth-order valence-corrected chi connectivity index (χ4v) is 2.71. The number of ether oxygens (including phenoxy) is 1. The summed E-state index contributed by atoms with van der Waals surface area (Å²) in [5.74, 6) is 1.02. The molecule has 0 radical (unpaired) electrons. The molecular weight excluding hydrogens is 210 g/mol. The Kier molecular flexibility index (Phi) is 2.15. The van der Waals surface area contributed by atoms with Gasteiger partial charge in [-0.1, -0.05) is 11.6 Å². The summed E-state index contributed by atoms with van der Waals surface area (Å²) < 4.78 is 6.11. The molecule has 2 heterocycles. The van der Waals surface area contributed by atoms with Crippen molar-refractivity contribution < 1.29 is 4.74 Å². The summed E-state index contributed by atoms with van der Waals surface area (Å²) in [6.07, 6.45) is 3.31. The van der Waals surface area contributed by atoms with Crippen LogP contribution in [0.15, 0.2) is 18.2 Å². The van der Waals surface area contributed by atoms with Crippen molar-refractivity contribution in [1.29, 1.82) is 0 Å². The number of nitrogens with one attached hydrogen (secondary N) is 1. The van der Waals surface area contributed by atoms with Crippen molar-refractivity contribution in [2.45, 2.75) is 24.9 Å². The fraction of sp³-hybridized carbons (Fsp3) is 0.500. The molecule has 1 fully saturated rings. The first kappa shape index (κ1) is 9.49. The third-order valence-corrected chi connectivity index (χ3v) is 3.64. The lowest BCUT2D eigenvalue weighted by atomic mass is 9.90. The van der Waals surface area contributed by atoms with Gasteiger partial charge in [0.2, 0.25) is 0 Å². The van der Waals surface area contributed by atoms with E-state index < -0.39 is 0 Å². The molecule has 2 aliphatic heterocycles. The molecule has 3 rings (SSSR count). The van der Waals surface area contributed by atoms with E-state index in [1.54, 1.807) is 0 Å². The molecule has 80 valence electrons. The molecule has 15 heavy (non-hydrogen) atoms. The molecule has 1 atom stereocenters. The number of benzene rings is 1. The average Bonchev–Trinajstić information content (AvgIpc) is 2.67. The Bertz CT molecular complexity index is 385. The zero-order chi connectivity index (χ0) is 10.3. The predicted molar refractivity (Wildman–Crippen MR) is 60.6 cm³/mol. The summed E-state index contributed by atoms with van der Waals surface area (Å²) in [5, 5.41) is 4.18. The SMILES string of the molecule is Clc1ccc2c(c1)CC[C@@]1(CCNC1)O2. The molecule has 0 bridgehead atoms. The van der Waals surface area contributed by atoms with Crippen LogP contribution in [0.4, 0.5) is 0 Å². The Morgan fingerprint density at radius 3 is 3.07 bits per heavy atom. The fourth-order valence-electron chi connectivity index (χ4n) is 2.51. The van der Waals surface area contributed by atoms with Gasteiger partial charge in [-0.3, -0.25) is 0 Å². The molecule has 0 aliphatic carbocycles. The van der Waals surface area contributed by atoms with E-state index in [2.05, 4.69) is 5.32 Å². The molecule has 1 aromatic carbocycles. The zero-order valence-electron chi connectivity index (χ0n) is 8.55. The average molecular weight is 224 g/mol. The smallest absolute Gasteiger partial charge is 0.123 e. The van der Waals surface area contributed by atoms with Crippen LogP contribution in [0.5, 0.6) is 5.75 Å². The van der Waals surface area contributed by atoms with E-state index in [1.165, 1.54) is 5.56 Å². The van der Waals surface area contributed by atoms with Gasteiger partial charge in [0.25, 0.3) is 0 Å². The van der Waals surface area contributed by atoms with Gasteiger partial charge in [0.1, 0.15) is 11.4 Å². The van der Waals surface area contributed by atoms with Crippen LogP contribution < -0.4 is 10.1 Å². The third kappa shape index (κ3) is 1.62. The lowest BCUT2D eigenvalue weighted by Gasteiger charge is -2.35. The first-order valence-corrected chi connectivity index (χ1v) is 5.83. The highest BCUT2D eigenvalue weighted by Gasteiger charge is 2.38. The van der Waals surface area contributed by atoms with E-state index in [9.17, 15) is 0 Å². The Hall–Kier alpha value is -0.730. The highest BCUT2D eigenvalue weighted by atomic mass is 35.5. The molecule has 1 N–H and O–H groups in total. The van der Waals surface area contributed by atoms with Gasteiger partial charge in [0, 0.05) is 18.0 Å². The number of aryl methyl sites for hydroxylation is 1. The molecule has 2 aliphatic rings. The Labute approximate surface area is 94.6 Å². The van der Waals surface area contributed by atoms with Gasteiger partial charge < -0.3 is 10.1 Å². The minimum absolute atomic E-state index is 0.0564. The van der Waals surface area contributed by atoms with Gasteiger partial charge in [-0.2, -0.15) is 0 Å². The van der Waals surface area contributed by atoms with Crippen molar-refractivity contribution in [2.24, 2.45) is 0 Å². The van der Waals surface area contributed by atoms with Crippen LogP contribution in [0.2, 0.25) is 5.02 Å². The number of hydrogen-bond donors (Lipinski definition) is 1. The quantitative estimate of drug-likeness (QED) is 0.729. The predicted octanol–water partition coefficient (Wildman–Crippen LogP) is 2.40. The summed E-state index contributed by atoms with van der Waals surface area (Å²) in [6.45, 7) is 2.05. The van der Waals surface area contributed by atoms with Gasteiger partial charge in [-0.15, -0.1) is 0 Å². The van der Waals surface area contributed by atoms with Crippen LogP contribution >= 0.6 is 11.6 Å². The van der Waals surface area contributed by atoms with Crippen LogP contribution in [0.1, 0.15) is 18.4 Å². The molecule has 1 saturated heterocycles. The Balaban J connectivity index is 1.93. The number of hydrogen-bond acceptors (Lipinski definition) is 2. The van der Waals surface area contributed by atoms with E-state index >= 15 is 0 Å². The van der Waals surface area contributed by atoms with Crippen molar-refractivity contribution in [3.05, 3.63) is 28.8 Å². The van der Waals surface area contributed by atoms with Crippen LogP contribution in [-0.2, 0) is 6.42 Å². The molecular formula is C12H14ClNO. The van der Waals surface area contributed by atoms with Crippen molar-refractivity contribution in [3.8, 4) is 5.75 Å². The number of rotatable bonds is 0. The molecule has 0 amide bonds. The maximum Gasteiger partial charge on any atom is 0.123 e. The summed E-state index contributed by atoms with van der Waals surface area (Å²) in [5.41, 5.74) is 1.31. The van der Waals surface area contributed by atoms with E-state index in [1.807, 2.05) is 18.2 Å². The van der Waals surface area contributed by atoms with Gasteiger partial charge in [-0.05, 0) is 43.1 Å². The van der Waals surface area contributed by atoms with Crippen LogP contribution in [0.3, 0.4) is 0 Å². The highest BCUT2D eigenvalue weighted by molar-refractivity contribution is 6.30. The Morgan fingerprint density at radius 2 is 2.27 bits per heavy atom. The van der Waals surface area contributed by atoms with Crippen LogP contribution in [0.25, 0.3) is 0 Å². The largest absolute Gasteiger partial charge is 0.486 e.